The molecular formula is C22H16ClNO2S2. The highest BCUT2D eigenvalue weighted by Crippen LogP contribution is 2.38. The molecule has 0 radical (unpaired) electrons. The van der Waals surface area contributed by atoms with E-state index in [4.69, 9.17) is 28.2 Å². The second kappa shape index (κ2) is 7.59. The number of nitrogens with zero attached hydrogens (tertiary/aromatic N) is 1. The van der Waals surface area contributed by atoms with Gasteiger partial charge >= 0.3 is 0 Å². The average Bonchev–Trinajstić information content (AvgIpc) is 3.23. The Balaban J connectivity index is 1.64. The van der Waals surface area contributed by atoms with Gasteiger partial charge in [-0.05, 0) is 55.3 Å². The van der Waals surface area contributed by atoms with E-state index in [2.05, 4.69) is 0 Å². The summed E-state index contributed by atoms with van der Waals surface area (Å²) in [5.41, 5.74) is 3.79. The maximum atomic E-state index is 13.0. The maximum Gasteiger partial charge on any atom is 0.270 e. The molecule has 1 saturated heterocycles. The van der Waals surface area contributed by atoms with E-state index in [0.717, 1.165) is 22.4 Å². The molecule has 0 bridgehead atoms. The predicted molar refractivity (Wildman–Crippen MR) is 121 cm³/mol. The average molecular weight is 426 g/mol. The monoisotopic (exact) mass is 425 g/mol. The minimum Gasteiger partial charge on any atom is -0.457 e. The van der Waals surface area contributed by atoms with Gasteiger partial charge in [0.25, 0.3) is 5.91 Å². The first-order valence-electron chi connectivity index (χ1n) is 8.63. The lowest BCUT2D eigenvalue weighted by molar-refractivity contribution is -0.113. The van der Waals surface area contributed by atoms with Gasteiger partial charge in [-0.2, -0.15) is 0 Å². The summed E-state index contributed by atoms with van der Waals surface area (Å²) in [6, 6.07) is 17.1. The van der Waals surface area contributed by atoms with E-state index in [1.54, 1.807) is 11.0 Å². The molecule has 3 nitrogen and oxygen atoms in total. The lowest BCUT2D eigenvalue weighted by Crippen LogP contribution is -2.28. The SMILES string of the molecule is Cc1ccc(C)c(N2C(=O)C(=Cc3ccc(-c4cccc(Cl)c4)o3)SC2=S)c1. The van der Waals surface area contributed by atoms with Crippen LogP contribution in [0.1, 0.15) is 16.9 Å². The van der Waals surface area contributed by atoms with Gasteiger partial charge in [-0.15, -0.1) is 0 Å². The summed E-state index contributed by atoms with van der Waals surface area (Å²) in [4.78, 5) is 15.1. The van der Waals surface area contributed by atoms with Gasteiger partial charge in [-0.3, -0.25) is 9.69 Å². The van der Waals surface area contributed by atoms with E-state index in [9.17, 15) is 4.79 Å². The van der Waals surface area contributed by atoms with E-state index >= 15 is 0 Å². The standard InChI is InChI=1S/C22H16ClNO2S2/c1-13-6-7-14(2)18(10-13)24-21(25)20(28-22(24)27)12-17-8-9-19(26-17)15-4-3-5-16(23)11-15/h3-12H,1-2H3. The molecule has 1 fully saturated rings. The molecule has 0 unspecified atom stereocenters. The Hall–Kier alpha value is -2.34. The van der Waals surface area contributed by atoms with Crippen LogP contribution in [0.2, 0.25) is 5.02 Å². The summed E-state index contributed by atoms with van der Waals surface area (Å²) in [5.74, 6) is 1.15. The molecule has 140 valence electrons. The number of halogens is 1. The lowest BCUT2D eigenvalue weighted by atomic mass is 10.1. The van der Waals surface area contributed by atoms with Crippen LogP contribution >= 0.6 is 35.6 Å². The van der Waals surface area contributed by atoms with Crippen molar-refractivity contribution in [2.24, 2.45) is 0 Å². The smallest absolute Gasteiger partial charge is 0.270 e. The number of aryl methyl sites for hydroxylation is 2. The van der Waals surface area contributed by atoms with Gasteiger partial charge in [-0.25, -0.2) is 0 Å². The third-order valence-corrected chi connectivity index (χ3v) is 5.95. The van der Waals surface area contributed by atoms with Crippen molar-refractivity contribution < 1.29 is 9.21 Å². The first kappa shape index (κ1) is 19.0. The Morgan fingerprint density at radius 3 is 2.71 bits per heavy atom. The number of furan rings is 1. The Morgan fingerprint density at radius 2 is 1.93 bits per heavy atom. The topological polar surface area (TPSA) is 33.5 Å². The minimum atomic E-state index is -0.135. The summed E-state index contributed by atoms with van der Waals surface area (Å²) >= 11 is 12.8. The van der Waals surface area contributed by atoms with Gasteiger partial charge in [0, 0.05) is 16.7 Å². The fourth-order valence-corrected chi connectivity index (χ4v) is 4.45. The molecule has 28 heavy (non-hydrogen) atoms. The quantitative estimate of drug-likeness (QED) is 0.348. The zero-order valence-corrected chi connectivity index (χ0v) is 17.6. The highest BCUT2D eigenvalue weighted by atomic mass is 35.5. The van der Waals surface area contributed by atoms with Gasteiger partial charge in [-0.1, -0.05) is 59.8 Å². The van der Waals surface area contributed by atoms with Crippen LogP contribution in [0.3, 0.4) is 0 Å². The number of hydrogen-bond donors (Lipinski definition) is 0. The van der Waals surface area contributed by atoms with Gasteiger partial charge in [0.05, 0.1) is 10.6 Å². The van der Waals surface area contributed by atoms with E-state index in [0.29, 0.717) is 25.8 Å². The molecule has 3 aromatic rings. The van der Waals surface area contributed by atoms with Crippen LogP contribution < -0.4 is 4.90 Å². The summed E-state index contributed by atoms with van der Waals surface area (Å²) in [5, 5.41) is 0.643. The fourth-order valence-electron chi connectivity index (χ4n) is 2.99. The number of rotatable bonds is 3. The van der Waals surface area contributed by atoms with Crippen molar-refractivity contribution in [3.8, 4) is 11.3 Å². The Morgan fingerprint density at radius 1 is 1.11 bits per heavy atom. The van der Waals surface area contributed by atoms with Crippen LogP contribution in [0.5, 0.6) is 0 Å². The summed E-state index contributed by atoms with van der Waals surface area (Å²) < 4.78 is 6.41. The lowest BCUT2D eigenvalue weighted by Gasteiger charge is -2.17. The Bertz CT molecular complexity index is 1130. The number of carbonyl (C=O) groups excluding carboxylic acids is 1. The van der Waals surface area contributed by atoms with Crippen LogP contribution in [-0.4, -0.2) is 10.2 Å². The van der Waals surface area contributed by atoms with Gasteiger partial charge < -0.3 is 4.42 Å². The van der Waals surface area contributed by atoms with Gasteiger partial charge in [0.1, 0.15) is 11.5 Å². The molecular weight excluding hydrogens is 410 g/mol. The third kappa shape index (κ3) is 3.65. The molecule has 1 amide bonds. The van der Waals surface area contributed by atoms with Crippen LogP contribution in [0.25, 0.3) is 17.4 Å². The highest BCUT2D eigenvalue weighted by Gasteiger charge is 2.34. The number of anilines is 1. The maximum absolute atomic E-state index is 13.0. The summed E-state index contributed by atoms with van der Waals surface area (Å²) in [6.07, 6.45) is 1.73. The van der Waals surface area contributed by atoms with Crippen LogP contribution in [0, 0.1) is 13.8 Å². The van der Waals surface area contributed by atoms with E-state index in [1.165, 1.54) is 11.8 Å². The molecule has 4 rings (SSSR count). The third-order valence-electron chi connectivity index (χ3n) is 4.41. The number of benzene rings is 2. The molecule has 2 aromatic carbocycles. The van der Waals surface area contributed by atoms with E-state index in [-0.39, 0.29) is 5.91 Å². The van der Waals surface area contributed by atoms with Crippen molar-refractivity contribution in [1.82, 2.24) is 0 Å². The second-order valence-electron chi connectivity index (χ2n) is 6.52. The van der Waals surface area contributed by atoms with Crippen LogP contribution in [-0.2, 0) is 4.79 Å². The van der Waals surface area contributed by atoms with Gasteiger partial charge in [0.15, 0.2) is 4.32 Å². The molecule has 0 aliphatic carbocycles. The molecule has 6 heteroatoms. The Labute approximate surface area is 178 Å². The molecule has 2 heterocycles. The van der Waals surface area contributed by atoms with Crippen molar-refractivity contribution in [1.29, 1.82) is 0 Å². The number of carbonyl (C=O) groups is 1. The Kier molecular flexibility index (Phi) is 5.15. The van der Waals surface area contributed by atoms with Crippen molar-refractivity contribution in [3.05, 3.63) is 81.4 Å². The largest absolute Gasteiger partial charge is 0.457 e. The van der Waals surface area contributed by atoms with Crippen molar-refractivity contribution in [2.45, 2.75) is 13.8 Å². The van der Waals surface area contributed by atoms with Crippen molar-refractivity contribution in [3.63, 3.8) is 0 Å². The zero-order valence-electron chi connectivity index (χ0n) is 15.2. The molecule has 1 aliphatic heterocycles. The number of amides is 1. The molecule has 0 saturated carbocycles. The molecule has 1 aromatic heterocycles. The summed E-state index contributed by atoms with van der Waals surface area (Å²) in [6.45, 7) is 3.97. The predicted octanol–water partition coefficient (Wildman–Crippen LogP) is 6.62. The van der Waals surface area contributed by atoms with Crippen LogP contribution in [0.4, 0.5) is 5.69 Å². The van der Waals surface area contributed by atoms with E-state index in [1.807, 2.05) is 68.4 Å². The number of hydrogen-bond acceptors (Lipinski definition) is 4. The minimum absolute atomic E-state index is 0.135. The first-order chi connectivity index (χ1) is 13.4. The zero-order chi connectivity index (χ0) is 19.8. The van der Waals surface area contributed by atoms with Crippen molar-refractivity contribution in [2.75, 3.05) is 4.90 Å². The second-order valence-corrected chi connectivity index (χ2v) is 8.63. The first-order valence-corrected chi connectivity index (χ1v) is 10.2. The molecule has 1 aliphatic rings. The van der Waals surface area contributed by atoms with Crippen molar-refractivity contribution >= 4 is 57.6 Å². The normalized spacial score (nSPS) is 15.7. The van der Waals surface area contributed by atoms with Gasteiger partial charge in [0.2, 0.25) is 0 Å². The molecule has 0 N–H and O–H groups in total. The van der Waals surface area contributed by atoms with E-state index < -0.39 is 0 Å². The number of thiocarbonyl (C=S) groups is 1. The highest BCUT2D eigenvalue weighted by molar-refractivity contribution is 8.27. The number of thioether (sulfide) groups is 1. The fraction of sp³-hybridized carbons (Fsp3) is 0.0909. The molecule has 0 atom stereocenters. The summed E-state index contributed by atoms with van der Waals surface area (Å²) in [7, 11) is 0. The molecule has 0 spiro atoms. The van der Waals surface area contributed by atoms with Crippen LogP contribution in [0.15, 0.2) is 63.9 Å².